The number of benzene rings is 1. The second kappa shape index (κ2) is 10.1. The first-order valence-corrected chi connectivity index (χ1v) is 15.5. The third kappa shape index (κ3) is 4.82. The van der Waals surface area contributed by atoms with E-state index in [2.05, 4.69) is 46.5 Å². The molecule has 36 heavy (non-hydrogen) atoms. The third-order valence-electron chi connectivity index (χ3n) is 12.1. The Hall–Kier alpha value is -1.26. The van der Waals surface area contributed by atoms with Crippen molar-refractivity contribution in [2.24, 2.45) is 52.3 Å². The van der Waals surface area contributed by atoms with Crippen molar-refractivity contribution in [3.8, 4) is 11.8 Å². The molecule has 9 atom stereocenters. The second-order valence-corrected chi connectivity index (χ2v) is 14.5. The Morgan fingerprint density at radius 3 is 2.36 bits per heavy atom. The van der Waals surface area contributed by atoms with Gasteiger partial charge in [-0.1, -0.05) is 83.9 Å². The van der Waals surface area contributed by atoms with Crippen LogP contribution >= 0.6 is 0 Å². The fourth-order valence-electron chi connectivity index (χ4n) is 10.1. The van der Waals surface area contributed by atoms with E-state index >= 15 is 0 Å². The van der Waals surface area contributed by atoms with Gasteiger partial charge >= 0.3 is 0 Å². The van der Waals surface area contributed by atoms with Crippen LogP contribution in [0.2, 0.25) is 0 Å². The van der Waals surface area contributed by atoms with E-state index in [1.165, 1.54) is 57.8 Å². The lowest BCUT2D eigenvalue weighted by atomic mass is 9.43. The Balaban J connectivity index is 1.27. The first-order valence-electron chi connectivity index (χ1n) is 15.5. The number of fused-ring (bicyclic) bond motifs is 5. The van der Waals surface area contributed by atoms with Crippen LogP contribution in [0.25, 0.3) is 0 Å². The minimum absolute atomic E-state index is 0.395. The normalized spacial score (nSPS) is 42.6. The number of aliphatic hydroxyl groups is 1. The molecule has 4 aliphatic rings. The van der Waals surface area contributed by atoms with Crippen LogP contribution in [0, 0.1) is 64.1 Å². The summed E-state index contributed by atoms with van der Waals surface area (Å²) in [4.78, 5) is 0. The van der Waals surface area contributed by atoms with Gasteiger partial charge in [0.2, 0.25) is 0 Å². The van der Waals surface area contributed by atoms with Crippen LogP contribution in [-0.4, -0.2) is 10.7 Å². The largest absolute Gasteiger partial charge is 0.378 e. The zero-order valence-corrected chi connectivity index (χ0v) is 23.9. The van der Waals surface area contributed by atoms with Crippen LogP contribution in [-0.2, 0) is 0 Å². The van der Waals surface area contributed by atoms with Crippen molar-refractivity contribution in [2.45, 2.75) is 117 Å². The molecule has 0 aliphatic heterocycles. The maximum Gasteiger partial charge on any atom is 0.126 e. The third-order valence-corrected chi connectivity index (χ3v) is 12.1. The minimum Gasteiger partial charge on any atom is -0.378 e. The average molecular weight is 489 g/mol. The van der Waals surface area contributed by atoms with E-state index in [0.717, 1.165) is 60.3 Å². The van der Waals surface area contributed by atoms with Crippen LogP contribution in [0.3, 0.4) is 0 Å². The fraction of sp³-hybridized carbons (Fsp3) is 0.771. The molecule has 4 aliphatic carbocycles. The molecule has 4 fully saturated rings. The van der Waals surface area contributed by atoms with E-state index < -0.39 is 5.60 Å². The predicted octanol–water partition coefficient (Wildman–Crippen LogP) is 8.89. The predicted molar refractivity (Wildman–Crippen MR) is 151 cm³/mol. The Bertz CT molecular complexity index is 954. The standard InChI is InChI=1S/C35H52O/c1-25(2)10-9-11-26(3)30-16-17-31-29-15-14-28-24-35(36,21-18-27-12-7-6-8-13-27)23-22-33(28,4)32(29)19-20-34(30,31)5/h6-8,12-13,25-26,28-32,36H,9-11,14-17,19-20,22-24H2,1-5H3. The zero-order valence-electron chi connectivity index (χ0n) is 23.9. The molecule has 0 amide bonds. The fourth-order valence-corrected chi connectivity index (χ4v) is 10.1. The highest BCUT2D eigenvalue weighted by Gasteiger charge is 2.61. The molecular formula is C35H52O. The van der Waals surface area contributed by atoms with E-state index in [0.29, 0.717) is 16.7 Å². The lowest BCUT2D eigenvalue weighted by Gasteiger charge is -2.62. The van der Waals surface area contributed by atoms with Crippen molar-refractivity contribution in [3.05, 3.63) is 35.9 Å². The molecule has 0 heterocycles. The van der Waals surface area contributed by atoms with Crippen molar-refractivity contribution in [1.82, 2.24) is 0 Å². The molecule has 5 rings (SSSR count). The van der Waals surface area contributed by atoms with Gasteiger partial charge in [0.1, 0.15) is 5.60 Å². The van der Waals surface area contributed by atoms with Crippen molar-refractivity contribution in [2.75, 3.05) is 0 Å². The van der Waals surface area contributed by atoms with Crippen molar-refractivity contribution in [3.63, 3.8) is 0 Å². The number of rotatable bonds is 5. The van der Waals surface area contributed by atoms with E-state index in [-0.39, 0.29) is 0 Å². The summed E-state index contributed by atoms with van der Waals surface area (Å²) in [6.07, 6.45) is 15.6. The quantitative estimate of drug-likeness (QED) is 0.410. The molecule has 0 radical (unpaired) electrons. The monoisotopic (exact) mass is 488 g/mol. The Kier molecular flexibility index (Phi) is 7.42. The lowest BCUT2D eigenvalue weighted by molar-refractivity contribution is -0.140. The Labute approximate surface area is 222 Å². The summed E-state index contributed by atoms with van der Waals surface area (Å²) in [6, 6.07) is 10.2. The average Bonchev–Trinajstić information content (AvgIpc) is 3.21. The molecule has 198 valence electrons. The van der Waals surface area contributed by atoms with Gasteiger partial charge in [0.05, 0.1) is 0 Å². The molecule has 1 aromatic rings. The van der Waals surface area contributed by atoms with Crippen LogP contribution < -0.4 is 0 Å². The highest BCUT2D eigenvalue weighted by atomic mass is 16.3. The Morgan fingerprint density at radius 2 is 1.61 bits per heavy atom. The highest BCUT2D eigenvalue weighted by molar-refractivity contribution is 5.36. The molecule has 1 aromatic carbocycles. The topological polar surface area (TPSA) is 20.2 Å². The van der Waals surface area contributed by atoms with Gasteiger partial charge in [-0.2, -0.15) is 0 Å². The maximum atomic E-state index is 11.5. The van der Waals surface area contributed by atoms with Gasteiger partial charge < -0.3 is 5.11 Å². The second-order valence-electron chi connectivity index (χ2n) is 14.5. The van der Waals surface area contributed by atoms with Gasteiger partial charge in [-0.15, -0.1) is 0 Å². The SMILES string of the molecule is CC(C)CCCC(C)C1CCC2C3CCC4CC(O)(C#Cc5ccccc5)CCC4(C)C3CCC12C. The van der Waals surface area contributed by atoms with E-state index in [9.17, 15) is 5.11 Å². The molecule has 9 unspecified atom stereocenters. The van der Waals surface area contributed by atoms with Gasteiger partial charge in [-0.25, -0.2) is 0 Å². The van der Waals surface area contributed by atoms with Crippen molar-refractivity contribution < 1.29 is 5.11 Å². The van der Waals surface area contributed by atoms with Crippen LogP contribution in [0.4, 0.5) is 0 Å². The van der Waals surface area contributed by atoms with Crippen molar-refractivity contribution >= 4 is 0 Å². The summed E-state index contributed by atoms with van der Waals surface area (Å²) in [5.41, 5.74) is 1.17. The maximum absolute atomic E-state index is 11.5. The number of hydrogen-bond acceptors (Lipinski definition) is 1. The van der Waals surface area contributed by atoms with Gasteiger partial charge in [0.15, 0.2) is 0 Å². The summed E-state index contributed by atoms with van der Waals surface area (Å²) >= 11 is 0. The molecule has 0 aromatic heterocycles. The summed E-state index contributed by atoms with van der Waals surface area (Å²) in [6.45, 7) is 12.6. The zero-order chi connectivity index (χ0) is 25.6. The van der Waals surface area contributed by atoms with E-state index in [1.807, 2.05) is 30.3 Å². The van der Waals surface area contributed by atoms with Gasteiger partial charge in [0, 0.05) is 5.56 Å². The van der Waals surface area contributed by atoms with Crippen LogP contribution in [0.15, 0.2) is 30.3 Å². The molecule has 4 saturated carbocycles. The summed E-state index contributed by atoms with van der Waals surface area (Å²) in [7, 11) is 0. The highest BCUT2D eigenvalue weighted by Crippen LogP contribution is 2.68. The van der Waals surface area contributed by atoms with Crippen molar-refractivity contribution in [1.29, 1.82) is 0 Å². The molecule has 1 nitrogen and oxygen atoms in total. The van der Waals surface area contributed by atoms with E-state index in [1.54, 1.807) is 0 Å². The van der Waals surface area contributed by atoms with Crippen LogP contribution in [0.1, 0.15) is 117 Å². The molecule has 0 bridgehead atoms. The smallest absolute Gasteiger partial charge is 0.126 e. The van der Waals surface area contributed by atoms with Gasteiger partial charge in [-0.3, -0.25) is 0 Å². The molecule has 1 heteroatoms. The van der Waals surface area contributed by atoms with Crippen LogP contribution in [0.5, 0.6) is 0 Å². The number of hydrogen-bond donors (Lipinski definition) is 1. The molecule has 0 spiro atoms. The summed E-state index contributed by atoms with van der Waals surface area (Å²) in [5, 5.41) is 11.5. The first-order chi connectivity index (χ1) is 17.1. The molecule has 1 N–H and O–H groups in total. The van der Waals surface area contributed by atoms with E-state index in [4.69, 9.17) is 0 Å². The summed E-state index contributed by atoms with van der Waals surface area (Å²) in [5.74, 6) is 12.6. The first kappa shape index (κ1) is 26.4. The lowest BCUT2D eigenvalue weighted by Crippen LogP contribution is -2.55. The summed E-state index contributed by atoms with van der Waals surface area (Å²) < 4.78 is 0. The minimum atomic E-state index is -0.806. The molecular weight excluding hydrogens is 436 g/mol. The van der Waals surface area contributed by atoms with Gasteiger partial charge in [0.25, 0.3) is 0 Å². The molecule has 0 saturated heterocycles. The van der Waals surface area contributed by atoms with Gasteiger partial charge in [-0.05, 0) is 122 Å². The Morgan fingerprint density at radius 1 is 0.861 bits per heavy atom.